The average molecular weight is 1030 g/mol. The molecule has 1 aliphatic rings. The van der Waals surface area contributed by atoms with Gasteiger partial charge in [-0.15, -0.1) is 0 Å². The van der Waals surface area contributed by atoms with E-state index >= 15 is 0 Å². The van der Waals surface area contributed by atoms with Crippen molar-refractivity contribution in [1.82, 2.24) is 4.98 Å². The molecule has 380 valence electrons. The highest BCUT2D eigenvalue weighted by molar-refractivity contribution is 6.25. The van der Waals surface area contributed by atoms with E-state index in [4.69, 9.17) is 4.98 Å². The van der Waals surface area contributed by atoms with Crippen LogP contribution in [0.15, 0.2) is 303 Å². The van der Waals surface area contributed by atoms with E-state index in [1.165, 1.54) is 22.3 Å². The lowest BCUT2D eigenvalue weighted by Gasteiger charge is -2.35. The third kappa shape index (κ3) is 8.28. The van der Waals surface area contributed by atoms with Gasteiger partial charge >= 0.3 is 0 Å². The van der Waals surface area contributed by atoms with Gasteiger partial charge in [-0.25, -0.2) is 4.98 Å². The highest BCUT2D eigenvalue weighted by atomic mass is 15.2. The Hall–Kier alpha value is -10.3. The summed E-state index contributed by atoms with van der Waals surface area (Å²) in [5, 5.41) is 4.56. The minimum Gasteiger partial charge on any atom is -0.309 e. The van der Waals surface area contributed by atoms with Crippen molar-refractivity contribution in [3.05, 3.63) is 315 Å². The van der Waals surface area contributed by atoms with E-state index in [-0.39, 0.29) is 0 Å². The van der Waals surface area contributed by atoms with E-state index < -0.39 is 5.41 Å². The summed E-state index contributed by atoms with van der Waals surface area (Å²) in [5.41, 5.74) is 20.1. The molecule has 12 aromatic carbocycles. The molecule has 1 aromatic heterocycles. The molecule has 0 saturated heterocycles. The number of rotatable bonds is 12. The molecule has 1 aliphatic carbocycles. The second-order valence-electron chi connectivity index (χ2n) is 21.1. The van der Waals surface area contributed by atoms with Crippen LogP contribution < -0.4 is 14.7 Å². The van der Waals surface area contributed by atoms with Crippen LogP contribution in [0.25, 0.3) is 66.1 Å². The lowest BCUT2D eigenvalue weighted by molar-refractivity contribution is 0.661. The SMILES string of the molecule is CC1(C)c2cc(N(c3ccccn3)c3ccccc3-c3ccccc3)ccc2-c2cc3c(N(c4ccccc4)c4ccccc4-c4ccccc4)c4ccccc4c(N(c4ccccc4)c4ccccc4-c4ccccc4)c3cc21. The minimum absolute atomic E-state index is 0.425. The molecule has 0 aliphatic heterocycles. The minimum atomic E-state index is -0.425. The van der Waals surface area contributed by atoms with Gasteiger partial charge in [0.1, 0.15) is 5.82 Å². The highest BCUT2D eigenvalue weighted by Gasteiger charge is 2.39. The van der Waals surface area contributed by atoms with Gasteiger partial charge in [0.05, 0.1) is 28.4 Å². The van der Waals surface area contributed by atoms with Gasteiger partial charge in [0.2, 0.25) is 0 Å². The molecule has 0 unspecified atom stereocenters. The van der Waals surface area contributed by atoms with Gasteiger partial charge in [-0.05, 0) is 118 Å². The van der Waals surface area contributed by atoms with Crippen LogP contribution in [0.4, 0.5) is 51.3 Å². The van der Waals surface area contributed by atoms with Gasteiger partial charge in [-0.3, -0.25) is 4.90 Å². The van der Waals surface area contributed by atoms with Crippen molar-refractivity contribution in [2.75, 3.05) is 14.7 Å². The van der Waals surface area contributed by atoms with Crippen molar-refractivity contribution in [3.8, 4) is 44.5 Å². The Morgan fingerprint density at radius 1 is 0.275 bits per heavy atom. The zero-order chi connectivity index (χ0) is 53.6. The van der Waals surface area contributed by atoms with Gasteiger partial charge in [-0.1, -0.05) is 232 Å². The fourth-order valence-electron chi connectivity index (χ4n) is 12.4. The first kappa shape index (κ1) is 48.1. The van der Waals surface area contributed by atoms with Gasteiger partial charge in [0.25, 0.3) is 0 Å². The van der Waals surface area contributed by atoms with Crippen molar-refractivity contribution in [1.29, 1.82) is 0 Å². The van der Waals surface area contributed by atoms with Crippen molar-refractivity contribution >= 4 is 72.9 Å². The maximum Gasteiger partial charge on any atom is 0.137 e. The molecule has 0 amide bonds. The van der Waals surface area contributed by atoms with Crippen molar-refractivity contribution in [2.45, 2.75) is 19.3 Å². The Balaban J connectivity index is 1.09. The number of para-hydroxylation sites is 5. The smallest absolute Gasteiger partial charge is 0.137 e. The highest BCUT2D eigenvalue weighted by Crippen LogP contribution is 2.58. The van der Waals surface area contributed by atoms with Crippen LogP contribution in [0.5, 0.6) is 0 Å². The summed E-state index contributed by atoms with van der Waals surface area (Å²) in [6, 6.07) is 108. The maximum atomic E-state index is 5.02. The van der Waals surface area contributed by atoms with E-state index in [0.717, 1.165) is 106 Å². The maximum absolute atomic E-state index is 5.02. The largest absolute Gasteiger partial charge is 0.309 e. The Bertz CT molecular complexity index is 4370. The summed E-state index contributed by atoms with van der Waals surface area (Å²) in [4.78, 5) is 12.4. The molecule has 0 saturated carbocycles. The van der Waals surface area contributed by atoms with Crippen LogP contribution in [0.3, 0.4) is 0 Å². The Morgan fingerprint density at radius 3 is 1.12 bits per heavy atom. The first-order valence-electron chi connectivity index (χ1n) is 27.5. The van der Waals surface area contributed by atoms with E-state index in [2.05, 4.69) is 320 Å². The molecule has 0 radical (unpaired) electrons. The summed E-state index contributed by atoms with van der Waals surface area (Å²) in [6.45, 7) is 4.81. The zero-order valence-electron chi connectivity index (χ0n) is 44.7. The molecule has 14 rings (SSSR count). The fourth-order valence-corrected chi connectivity index (χ4v) is 12.4. The Morgan fingerprint density at radius 2 is 0.662 bits per heavy atom. The van der Waals surface area contributed by atoms with Crippen molar-refractivity contribution in [3.63, 3.8) is 0 Å². The average Bonchev–Trinajstić information content (AvgIpc) is 3.71. The molecule has 0 atom stereocenters. The molecular formula is C76H56N4. The van der Waals surface area contributed by atoms with Crippen molar-refractivity contribution < 1.29 is 0 Å². The van der Waals surface area contributed by atoms with Crippen LogP contribution in [-0.4, -0.2) is 4.98 Å². The molecular weight excluding hydrogens is 969 g/mol. The van der Waals surface area contributed by atoms with Crippen LogP contribution >= 0.6 is 0 Å². The topological polar surface area (TPSA) is 22.6 Å². The normalized spacial score (nSPS) is 12.2. The Kier molecular flexibility index (Phi) is 12.2. The number of pyridine rings is 1. The van der Waals surface area contributed by atoms with Gasteiger partial charge < -0.3 is 9.80 Å². The van der Waals surface area contributed by atoms with Crippen LogP contribution in [0.1, 0.15) is 25.0 Å². The Labute approximate surface area is 468 Å². The van der Waals surface area contributed by atoms with Crippen LogP contribution in [-0.2, 0) is 5.41 Å². The second-order valence-corrected chi connectivity index (χ2v) is 21.1. The summed E-state index contributed by atoms with van der Waals surface area (Å²) in [7, 11) is 0. The molecule has 0 bridgehead atoms. The summed E-state index contributed by atoms with van der Waals surface area (Å²) < 4.78 is 0. The molecule has 80 heavy (non-hydrogen) atoms. The molecule has 4 heteroatoms. The fraction of sp³-hybridized carbons (Fsp3) is 0.0395. The second kappa shape index (κ2) is 20.3. The molecule has 0 fully saturated rings. The number of hydrogen-bond acceptors (Lipinski definition) is 4. The predicted molar refractivity (Wildman–Crippen MR) is 337 cm³/mol. The van der Waals surface area contributed by atoms with Gasteiger partial charge in [-0.2, -0.15) is 0 Å². The first-order valence-corrected chi connectivity index (χ1v) is 27.5. The van der Waals surface area contributed by atoms with E-state index in [0.29, 0.717) is 0 Å². The first-order chi connectivity index (χ1) is 39.5. The number of aromatic nitrogens is 1. The van der Waals surface area contributed by atoms with Crippen LogP contribution in [0, 0.1) is 0 Å². The standard InChI is InChI=1S/C76H56N4/c1-76(2)68-50-58(78(73-46-26-27-49-77-73)70-43-23-20-38-59(70)53-28-8-3-9-29-53)47-48-62(68)65-51-66-67(52-69(65)76)75(80(57-36-16-7-17-37-57)72-45-25-22-40-61(72)55-32-12-5-13-33-55)64-42-19-18-41-63(64)74(66)79(56-34-14-6-15-35-56)71-44-24-21-39-60(71)54-30-10-4-11-31-54/h3-52H,1-2H3. The van der Waals surface area contributed by atoms with E-state index in [9.17, 15) is 0 Å². The summed E-state index contributed by atoms with van der Waals surface area (Å²) >= 11 is 0. The molecule has 4 nitrogen and oxygen atoms in total. The quantitative estimate of drug-likeness (QED) is 0.0898. The molecule has 0 N–H and O–H groups in total. The number of anilines is 9. The molecule has 1 heterocycles. The number of fused-ring (bicyclic) bond motifs is 5. The molecule has 0 spiro atoms. The number of nitrogens with zero attached hydrogens (tertiary/aromatic N) is 4. The van der Waals surface area contributed by atoms with Gasteiger partial charge in [0, 0.05) is 66.9 Å². The lowest BCUT2D eigenvalue weighted by Crippen LogP contribution is -2.18. The zero-order valence-corrected chi connectivity index (χ0v) is 44.7. The third-order valence-corrected chi connectivity index (χ3v) is 16.0. The number of benzene rings is 12. The predicted octanol–water partition coefficient (Wildman–Crippen LogP) is 21.1. The number of hydrogen-bond donors (Lipinski definition) is 0. The third-order valence-electron chi connectivity index (χ3n) is 16.0. The summed E-state index contributed by atoms with van der Waals surface area (Å²) in [6.07, 6.45) is 1.89. The van der Waals surface area contributed by atoms with Crippen LogP contribution in [0.2, 0.25) is 0 Å². The monoisotopic (exact) mass is 1020 g/mol. The lowest BCUT2D eigenvalue weighted by atomic mass is 9.81. The van der Waals surface area contributed by atoms with E-state index in [1.54, 1.807) is 0 Å². The van der Waals surface area contributed by atoms with E-state index in [1.807, 2.05) is 12.3 Å². The summed E-state index contributed by atoms with van der Waals surface area (Å²) in [5.74, 6) is 0.851. The van der Waals surface area contributed by atoms with Gasteiger partial charge in [0.15, 0.2) is 0 Å². The molecule has 13 aromatic rings. The van der Waals surface area contributed by atoms with Crippen molar-refractivity contribution in [2.24, 2.45) is 0 Å².